The minimum absolute atomic E-state index is 1.21. The van der Waals surface area contributed by atoms with Crippen LogP contribution in [0.25, 0.3) is 10.8 Å². The summed E-state index contributed by atoms with van der Waals surface area (Å²) in [5.74, 6) is 0. The third-order valence-corrected chi connectivity index (χ3v) is 2.74. The number of hydrogen-bond acceptors (Lipinski definition) is 1. The Kier molecular flexibility index (Phi) is 7.05. The second kappa shape index (κ2) is 8.87. The Morgan fingerprint density at radius 1 is 0.700 bits per heavy atom. The maximum atomic E-state index is 4.04. The van der Waals surface area contributed by atoms with Gasteiger partial charge >= 0.3 is 0 Å². The molecule has 0 bridgehead atoms. The normalized spacial score (nSPS) is 9.00. The van der Waals surface area contributed by atoms with Crippen molar-refractivity contribution in [3.63, 3.8) is 0 Å². The quantitative estimate of drug-likeness (QED) is 0.518. The number of hydrogen-bond donors (Lipinski definition) is 0. The van der Waals surface area contributed by atoms with Gasteiger partial charge in [0, 0.05) is 17.8 Å². The molecule has 1 aromatic heterocycles. The molecule has 1 heterocycles. The van der Waals surface area contributed by atoms with Crippen LogP contribution in [0.15, 0.2) is 67.0 Å². The molecule has 104 valence electrons. The fraction of sp³-hybridized carbons (Fsp3) is 0.211. The zero-order valence-electron chi connectivity index (χ0n) is 12.8. The van der Waals surface area contributed by atoms with Gasteiger partial charge in [-0.1, -0.05) is 73.5 Å². The Balaban J connectivity index is 0.000000193. The van der Waals surface area contributed by atoms with E-state index in [1.165, 1.54) is 21.9 Å². The van der Waals surface area contributed by atoms with Crippen molar-refractivity contribution in [2.75, 3.05) is 0 Å². The predicted molar refractivity (Wildman–Crippen MR) is 89.0 cm³/mol. The van der Waals surface area contributed by atoms with E-state index in [0.29, 0.717) is 0 Å². The lowest BCUT2D eigenvalue weighted by molar-refractivity contribution is 1.36. The van der Waals surface area contributed by atoms with Gasteiger partial charge in [0.15, 0.2) is 0 Å². The van der Waals surface area contributed by atoms with E-state index in [-0.39, 0.29) is 0 Å². The molecule has 0 fully saturated rings. The first-order chi connectivity index (χ1) is 9.75. The first kappa shape index (κ1) is 15.9. The second-order valence-electron chi connectivity index (χ2n) is 4.38. The zero-order chi connectivity index (χ0) is 14.8. The topological polar surface area (TPSA) is 12.9 Å². The van der Waals surface area contributed by atoms with Crippen molar-refractivity contribution in [3.8, 4) is 0 Å². The van der Waals surface area contributed by atoms with Gasteiger partial charge in [0.05, 0.1) is 0 Å². The van der Waals surface area contributed by atoms with E-state index in [4.69, 9.17) is 0 Å². The molecule has 0 amide bonds. The predicted octanol–water partition coefficient (Wildman–Crippen LogP) is 5.56. The molecule has 0 radical (unpaired) electrons. The van der Waals surface area contributed by atoms with Gasteiger partial charge in [0.25, 0.3) is 0 Å². The summed E-state index contributed by atoms with van der Waals surface area (Å²) in [5.41, 5.74) is 2.62. The van der Waals surface area contributed by atoms with Gasteiger partial charge in [0.2, 0.25) is 0 Å². The summed E-state index contributed by atoms with van der Waals surface area (Å²) in [6.45, 7) is 8.18. The second-order valence-corrected chi connectivity index (χ2v) is 4.38. The van der Waals surface area contributed by atoms with Gasteiger partial charge < -0.3 is 0 Å². The lowest BCUT2D eigenvalue weighted by atomic mass is 10.1. The number of rotatable bonds is 0. The summed E-state index contributed by atoms with van der Waals surface area (Å²) in [4.78, 5) is 4.04. The van der Waals surface area contributed by atoms with E-state index >= 15 is 0 Å². The van der Waals surface area contributed by atoms with Gasteiger partial charge in [-0.05, 0) is 25.3 Å². The van der Waals surface area contributed by atoms with Crippen molar-refractivity contribution in [3.05, 3.63) is 78.1 Å². The third kappa shape index (κ3) is 5.23. The van der Waals surface area contributed by atoms with E-state index in [1.54, 1.807) is 0 Å². The molecule has 0 atom stereocenters. The molecule has 3 rings (SSSR count). The smallest absolute Gasteiger partial charge is 0.0346 e. The van der Waals surface area contributed by atoms with Crippen molar-refractivity contribution < 1.29 is 0 Å². The summed E-state index contributed by atoms with van der Waals surface area (Å²) in [7, 11) is 0. The van der Waals surface area contributed by atoms with E-state index in [1.807, 2.05) is 50.5 Å². The largest absolute Gasteiger partial charge is 0.264 e. The van der Waals surface area contributed by atoms with Crippen molar-refractivity contribution in [2.45, 2.75) is 27.7 Å². The Morgan fingerprint density at radius 3 is 2.00 bits per heavy atom. The standard InChI is InChI=1S/C10H9N.C7H8.C2H6/c1-8-2-3-10-7-11-5-4-9(10)6-8;1-7-5-3-2-4-6-7;1-2/h2-7H,1H3;2-6H,1H3;1-2H3. The SMILES string of the molecule is CC.Cc1ccc2cnccc2c1.Cc1ccccc1. The molecule has 3 aromatic rings. The summed E-state index contributed by atoms with van der Waals surface area (Å²) >= 11 is 0. The molecule has 20 heavy (non-hydrogen) atoms. The molecule has 0 saturated heterocycles. The van der Waals surface area contributed by atoms with Gasteiger partial charge in [-0.3, -0.25) is 4.98 Å². The van der Waals surface area contributed by atoms with Crippen molar-refractivity contribution in [1.29, 1.82) is 0 Å². The number of pyridine rings is 1. The minimum Gasteiger partial charge on any atom is -0.264 e. The average Bonchev–Trinajstić information content (AvgIpc) is 2.50. The summed E-state index contributed by atoms with van der Waals surface area (Å²) < 4.78 is 0. The Morgan fingerprint density at radius 2 is 1.40 bits per heavy atom. The number of fused-ring (bicyclic) bond motifs is 1. The summed E-state index contributed by atoms with van der Waals surface area (Å²) in [6, 6.07) is 18.7. The molecule has 1 heteroatoms. The van der Waals surface area contributed by atoms with Crippen LogP contribution in [-0.4, -0.2) is 4.98 Å². The van der Waals surface area contributed by atoms with Crippen LogP contribution in [0.2, 0.25) is 0 Å². The molecular weight excluding hydrogens is 242 g/mol. The first-order valence-corrected chi connectivity index (χ1v) is 7.08. The molecular formula is C19H23N. The number of nitrogens with zero attached hydrogens (tertiary/aromatic N) is 1. The van der Waals surface area contributed by atoms with Gasteiger partial charge in [-0.25, -0.2) is 0 Å². The van der Waals surface area contributed by atoms with Gasteiger partial charge in [0.1, 0.15) is 0 Å². The summed E-state index contributed by atoms with van der Waals surface area (Å²) in [6.07, 6.45) is 3.70. The first-order valence-electron chi connectivity index (χ1n) is 7.08. The number of aromatic nitrogens is 1. The molecule has 0 spiro atoms. The van der Waals surface area contributed by atoms with Crippen LogP contribution >= 0.6 is 0 Å². The third-order valence-electron chi connectivity index (χ3n) is 2.74. The lowest BCUT2D eigenvalue weighted by Crippen LogP contribution is -1.75. The highest BCUT2D eigenvalue weighted by atomic mass is 14.6. The van der Waals surface area contributed by atoms with Crippen molar-refractivity contribution in [2.24, 2.45) is 0 Å². The lowest BCUT2D eigenvalue weighted by Gasteiger charge is -1.96. The minimum atomic E-state index is 1.21. The van der Waals surface area contributed by atoms with Crippen LogP contribution in [0.5, 0.6) is 0 Å². The molecule has 0 saturated carbocycles. The van der Waals surface area contributed by atoms with Crippen LogP contribution in [0.3, 0.4) is 0 Å². The van der Waals surface area contributed by atoms with Crippen LogP contribution in [-0.2, 0) is 0 Å². The zero-order valence-corrected chi connectivity index (χ0v) is 12.8. The molecule has 0 unspecified atom stereocenters. The van der Waals surface area contributed by atoms with E-state index in [0.717, 1.165) is 0 Å². The van der Waals surface area contributed by atoms with Crippen molar-refractivity contribution >= 4 is 10.8 Å². The van der Waals surface area contributed by atoms with Crippen LogP contribution < -0.4 is 0 Å². The molecule has 1 nitrogen and oxygen atoms in total. The Hall–Kier alpha value is -2.15. The van der Waals surface area contributed by atoms with Crippen LogP contribution in [0.4, 0.5) is 0 Å². The molecule has 0 aliphatic carbocycles. The fourth-order valence-corrected chi connectivity index (χ4v) is 1.74. The highest BCUT2D eigenvalue weighted by Crippen LogP contribution is 2.13. The van der Waals surface area contributed by atoms with Crippen LogP contribution in [0, 0.1) is 13.8 Å². The van der Waals surface area contributed by atoms with Gasteiger partial charge in [-0.15, -0.1) is 0 Å². The molecule has 0 aliphatic rings. The number of aryl methyl sites for hydroxylation is 2. The van der Waals surface area contributed by atoms with E-state index in [2.05, 4.69) is 49.2 Å². The fourth-order valence-electron chi connectivity index (χ4n) is 1.74. The van der Waals surface area contributed by atoms with Crippen molar-refractivity contribution in [1.82, 2.24) is 4.98 Å². The molecule has 0 N–H and O–H groups in total. The molecule has 2 aromatic carbocycles. The Labute approximate surface area is 122 Å². The van der Waals surface area contributed by atoms with E-state index < -0.39 is 0 Å². The highest BCUT2D eigenvalue weighted by molar-refractivity contribution is 5.81. The van der Waals surface area contributed by atoms with E-state index in [9.17, 15) is 0 Å². The maximum absolute atomic E-state index is 4.04. The summed E-state index contributed by atoms with van der Waals surface area (Å²) in [5, 5.41) is 2.47. The Bertz CT molecular complexity index is 615. The monoisotopic (exact) mass is 265 g/mol. The van der Waals surface area contributed by atoms with Crippen LogP contribution in [0.1, 0.15) is 25.0 Å². The highest BCUT2D eigenvalue weighted by Gasteiger charge is 1.90. The number of benzene rings is 2. The molecule has 0 aliphatic heterocycles. The van der Waals surface area contributed by atoms with Gasteiger partial charge in [-0.2, -0.15) is 0 Å². The average molecular weight is 265 g/mol. The maximum Gasteiger partial charge on any atom is 0.0346 e.